The number of rotatable bonds is 2. The first-order chi connectivity index (χ1) is 8.41. The summed E-state index contributed by atoms with van der Waals surface area (Å²) in [6, 6.07) is 0. The molecule has 2 amide bonds. The van der Waals surface area contributed by atoms with Gasteiger partial charge in [-0.25, -0.2) is 0 Å². The van der Waals surface area contributed by atoms with Gasteiger partial charge in [0.1, 0.15) is 0 Å². The van der Waals surface area contributed by atoms with Gasteiger partial charge in [-0.2, -0.15) is 0 Å². The van der Waals surface area contributed by atoms with Crippen molar-refractivity contribution in [1.29, 1.82) is 0 Å². The average molecular weight is 268 g/mol. The van der Waals surface area contributed by atoms with Gasteiger partial charge in [-0.15, -0.1) is 0 Å². The summed E-state index contributed by atoms with van der Waals surface area (Å²) in [5.41, 5.74) is -0.0118. The zero-order valence-electron chi connectivity index (χ0n) is 11.2. The van der Waals surface area contributed by atoms with Crippen LogP contribution in [0, 0.1) is 0 Å². The summed E-state index contributed by atoms with van der Waals surface area (Å²) in [6.07, 6.45) is 8.91. The molecular weight excluding hydrogens is 248 g/mol. The highest BCUT2D eigenvalue weighted by Gasteiger charge is 2.20. The number of carbonyl (C=O) groups is 2. The summed E-state index contributed by atoms with van der Waals surface area (Å²) in [7, 11) is 0. The van der Waals surface area contributed by atoms with Crippen LogP contribution in [0.2, 0.25) is 0 Å². The van der Waals surface area contributed by atoms with E-state index in [0.717, 1.165) is 0 Å². The second kappa shape index (κ2) is 7.76. The van der Waals surface area contributed by atoms with Crippen LogP contribution in [0.3, 0.4) is 0 Å². The molecule has 18 heavy (non-hydrogen) atoms. The summed E-state index contributed by atoms with van der Waals surface area (Å²) < 4.78 is 0. The lowest BCUT2D eigenvalue weighted by Gasteiger charge is -2.23. The van der Waals surface area contributed by atoms with E-state index in [1.165, 1.54) is 6.92 Å². The van der Waals surface area contributed by atoms with Crippen LogP contribution < -0.4 is 10.6 Å². The van der Waals surface area contributed by atoms with Crippen molar-refractivity contribution in [3.05, 3.63) is 36.1 Å². The first kappa shape index (κ1) is 16.5. The molecule has 0 heterocycles. The van der Waals surface area contributed by atoms with Gasteiger partial charge < -0.3 is 10.6 Å². The van der Waals surface area contributed by atoms with Crippen LogP contribution in [0.25, 0.3) is 0 Å². The van der Waals surface area contributed by atoms with Crippen molar-refractivity contribution in [3.63, 3.8) is 0 Å². The monoisotopic (exact) mass is 268 g/mol. The Morgan fingerprint density at radius 2 is 1.89 bits per heavy atom. The van der Waals surface area contributed by atoms with E-state index in [1.807, 2.05) is 32.9 Å². The van der Waals surface area contributed by atoms with Crippen LogP contribution in [0.1, 0.15) is 27.7 Å². The molecule has 1 aliphatic rings. The van der Waals surface area contributed by atoms with Gasteiger partial charge in [0, 0.05) is 12.6 Å². The Balaban J connectivity index is 0.00000137. The molecule has 4 nitrogen and oxygen atoms in total. The lowest BCUT2D eigenvalue weighted by molar-refractivity contribution is -0.119. The summed E-state index contributed by atoms with van der Waals surface area (Å²) in [5.74, 6) is -0.137. The molecule has 0 spiro atoms. The van der Waals surface area contributed by atoms with Gasteiger partial charge in [0.2, 0.25) is 5.91 Å². The highest BCUT2D eigenvalue weighted by atomic mass is 32.1. The molecule has 0 aromatic carbocycles. The molecule has 0 saturated heterocycles. The quantitative estimate of drug-likeness (QED) is 0.674. The van der Waals surface area contributed by atoms with Crippen LogP contribution in [0.5, 0.6) is 0 Å². The Labute approximate surface area is 114 Å². The van der Waals surface area contributed by atoms with Crippen molar-refractivity contribution in [2.24, 2.45) is 0 Å². The van der Waals surface area contributed by atoms with Crippen LogP contribution >= 0.6 is 12.6 Å². The van der Waals surface area contributed by atoms with Crippen LogP contribution in [-0.2, 0) is 4.79 Å². The number of hydrogen-bond acceptors (Lipinski definition) is 2. The number of amides is 2. The Bertz CT molecular complexity index is 400. The van der Waals surface area contributed by atoms with E-state index < -0.39 is 10.8 Å². The van der Waals surface area contributed by atoms with E-state index in [4.69, 9.17) is 0 Å². The van der Waals surface area contributed by atoms with Crippen molar-refractivity contribution in [2.75, 3.05) is 0 Å². The Hall–Kier alpha value is -1.49. The highest BCUT2D eigenvalue weighted by molar-refractivity contribution is 7.96. The fraction of sp³-hybridized carbons (Fsp3) is 0.385. The van der Waals surface area contributed by atoms with Crippen molar-refractivity contribution in [1.82, 2.24) is 10.6 Å². The van der Waals surface area contributed by atoms with E-state index in [2.05, 4.69) is 23.3 Å². The molecule has 0 aromatic rings. The molecule has 0 bridgehead atoms. The van der Waals surface area contributed by atoms with Gasteiger partial charge >= 0.3 is 0 Å². The minimum Gasteiger partial charge on any atom is -0.344 e. The summed E-state index contributed by atoms with van der Waals surface area (Å²) >= 11 is 3.64. The zero-order chi connectivity index (χ0) is 14.2. The third kappa shape index (κ3) is 6.30. The molecule has 0 aromatic heterocycles. The van der Waals surface area contributed by atoms with Gasteiger partial charge in [-0.05, 0) is 19.1 Å². The predicted octanol–water partition coefficient (Wildman–Crippen LogP) is 2.56. The smallest absolute Gasteiger partial charge is 0.280 e. The van der Waals surface area contributed by atoms with Crippen molar-refractivity contribution >= 4 is 23.8 Å². The number of hydrogen-bond donors (Lipinski definition) is 3. The van der Waals surface area contributed by atoms with E-state index in [1.54, 1.807) is 18.2 Å². The van der Waals surface area contributed by atoms with Crippen molar-refractivity contribution < 1.29 is 9.59 Å². The molecule has 1 aliphatic carbocycles. The van der Waals surface area contributed by atoms with Gasteiger partial charge in [0.25, 0.3) is 5.24 Å². The SMILES string of the molecule is CC.CC(=O)NC1(C)C=CC=CC(NC(=O)S)=C1. The molecule has 0 radical (unpaired) electrons. The van der Waals surface area contributed by atoms with Gasteiger partial charge in [0.05, 0.1) is 5.54 Å². The van der Waals surface area contributed by atoms with E-state index in [0.29, 0.717) is 5.70 Å². The Kier molecular flexibility index (Phi) is 7.12. The van der Waals surface area contributed by atoms with Gasteiger partial charge in [0.15, 0.2) is 0 Å². The van der Waals surface area contributed by atoms with E-state index >= 15 is 0 Å². The second-order valence-corrected chi connectivity index (χ2v) is 4.12. The Morgan fingerprint density at radius 3 is 2.39 bits per heavy atom. The summed E-state index contributed by atoms with van der Waals surface area (Å²) in [5, 5.41) is 4.90. The number of nitrogens with one attached hydrogen (secondary N) is 2. The maximum absolute atomic E-state index is 11.1. The molecule has 2 N–H and O–H groups in total. The largest absolute Gasteiger partial charge is 0.344 e. The first-order valence-electron chi connectivity index (χ1n) is 5.79. The molecule has 1 atom stereocenters. The van der Waals surface area contributed by atoms with Crippen LogP contribution in [0.4, 0.5) is 4.79 Å². The Morgan fingerprint density at radius 1 is 1.28 bits per heavy atom. The lowest BCUT2D eigenvalue weighted by Crippen LogP contribution is -2.42. The fourth-order valence-electron chi connectivity index (χ4n) is 1.49. The fourth-order valence-corrected chi connectivity index (χ4v) is 1.62. The maximum Gasteiger partial charge on any atom is 0.280 e. The zero-order valence-corrected chi connectivity index (χ0v) is 12.0. The third-order valence-electron chi connectivity index (χ3n) is 1.98. The normalized spacial score (nSPS) is 21.1. The number of allylic oxidation sites excluding steroid dienone is 3. The van der Waals surface area contributed by atoms with Gasteiger partial charge in [-0.1, -0.05) is 44.7 Å². The molecular formula is C13H20N2O2S. The van der Waals surface area contributed by atoms with Crippen molar-refractivity contribution in [2.45, 2.75) is 33.2 Å². The molecule has 100 valence electrons. The molecule has 5 heteroatoms. The maximum atomic E-state index is 11.1. The molecule has 0 saturated carbocycles. The van der Waals surface area contributed by atoms with Crippen molar-refractivity contribution in [3.8, 4) is 0 Å². The lowest BCUT2D eigenvalue weighted by atomic mass is 10.0. The van der Waals surface area contributed by atoms with E-state index in [9.17, 15) is 9.59 Å². The molecule has 1 rings (SSSR count). The summed E-state index contributed by atoms with van der Waals surface area (Å²) in [4.78, 5) is 21.9. The van der Waals surface area contributed by atoms with Gasteiger partial charge in [-0.3, -0.25) is 9.59 Å². The highest BCUT2D eigenvalue weighted by Crippen LogP contribution is 2.14. The third-order valence-corrected chi connectivity index (χ3v) is 2.09. The topological polar surface area (TPSA) is 58.2 Å². The minimum atomic E-state index is -0.610. The van der Waals surface area contributed by atoms with E-state index in [-0.39, 0.29) is 5.91 Å². The summed E-state index contributed by atoms with van der Waals surface area (Å²) in [6.45, 7) is 7.28. The predicted molar refractivity (Wildman–Crippen MR) is 77.5 cm³/mol. The van der Waals surface area contributed by atoms with Crippen LogP contribution in [-0.4, -0.2) is 16.7 Å². The van der Waals surface area contributed by atoms with Crippen LogP contribution in [0.15, 0.2) is 36.1 Å². The standard InChI is InChI=1S/C11H14N2O2S.C2H6/c1-8(14)13-11(2)6-4-3-5-9(7-11)12-10(15)16;1-2/h3-7H,1-2H3,(H,13,14)(H2,12,15,16);1-2H3. The average Bonchev–Trinajstić information content (AvgIpc) is 2.41. The minimum absolute atomic E-state index is 0.137. The first-order valence-corrected chi connectivity index (χ1v) is 6.23. The second-order valence-electron chi connectivity index (χ2n) is 3.71. The molecule has 0 aliphatic heterocycles. The number of carbonyl (C=O) groups excluding carboxylic acids is 2. The molecule has 1 unspecified atom stereocenters. The number of thiol groups is 1. The molecule has 0 fully saturated rings.